The molecule has 0 radical (unpaired) electrons. The van der Waals surface area contributed by atoms with Gasteiger partial charge in [0, 0.05) is 56.4 Å². The maximum Gasteiger partial charge on any atom is 0.330 e. The second-order valence-electron chi connectivity index (χ2n) is 17.1. The number of urea groups is 1. The van der Waals surface area contributed by atoms with Crippen LogP contribution in [0.25, 0.3) is 0 Å². The van der Waals surface area contributed by atoms with Gasteiger partial charge in [-0.05, 0) is 87.6 Å². The number of amides is 7. The Morgan fingerprint density at radius 1 is 0.967 bits per heavy atom. The number of hydrogen-bond acceptors (Lipinski definition) is 10. The van der Waals surface area contributed by atoms with Crippen LogP contribution < -0.4 is 31.1 Å². The van der Waals surface area contributed by atoms with E-state index in [2.05, 4.69) is 36.2 Å². The van der Waals surface area contributed by atoms with Crippen LogP contribution in [-0.4, -0.2) is 112 Å². The predicted molar refractivity (Wildman–Crippen MR) is 226 cm³/mol. The maximum absolute atomic E-state index is 14.2. The minimum atomic E-state index is -1.15. The number of aromatic nitrogens is 3. The summed E-state index contributed by atoms with van der Waals surface area (Å²) < 4.78 is 0. The standard InChI is InChI=1S/C43H57N11O6/c1-24(2)19-31(38(57)51(7)8)47-40(59)43(16-17-43)50-37(56)32-11-10-18-53(32)39(58)34(25(3)4)48-36(55)28-14-12-26(5)33(20-28)54-23-29-21-45-41(49-35(29)52(9)42(54)60)46-30-15-13-27(6)44-22-30/h12-15,20-22,24-25,31-32,34H,10-11,16-19,23H2,1-9H3,(H,47,59)(H,48,55)(H,50,56)(H,45,46,49)/t31-,32+,34-/m0/s1. The molecule has 0 spiro atoms. The molecule has 4 N–H and O–H groups in total. The molecule has 3 aliphatic rings. The van der Waals surface area contributed by atoms with Gasteiger partial charge in [0.05, 0.1) is 18.4 Å². The highest BCUT2D eigenvalue weighted by molar-refractivity contribution is 6.07. The number of nitrogens with zero attached hydrogens (tertiary/aromatic N) is 7. The molecule has 3 atom stereocenters. The average molecular weight is 824 g/mol. The smallest absolute Gasteiger partial charge is 0.330 e. The Morgan fingerprint density at radius 2 is 1.70 bits per heavy atom. The summed E-state index contributed by atoms with van der Waals surface area (Å²) in [6.45, 7) is 11.8. The largest absolute Gasteiger partial charge is 0.347 e. The Bertz CT molecular complexity index is 2150. The monoisotopic (exact) mass is 823 g/mol. The molecule has 0 unspecified atom stereocenters. The number of pyridine rings is 1. The van der Waals surface area contributed by atoms with Crippen molar-refractivity contribution in [3.05, 3.63) is 65.1 Å². The van der Waals surface area contributed by atoms with Gasteiger partial charge in [-0.3, -0.25) is 38.8 Å². The molecule has 6 rings (SSSR count). The van der Waals surface area contributed by atoms with Crippen molar-refractivity contribution in [3.63, 3.8) is 0 Å². The number of anilines is 4. The number of nitrogens with one attached hydrogen (secondary N) is 4. The molecule has 2 aliphatic heterocycles. The molecular formula is C43H57N11O6. The predicted octanol–water partition coefficient (Wildman–Crippen LogP) is 3.82. The van der Waals surface area contributed by atoms with E-state index >= 15 is 0 Å². The molecular weight excluding hydrogens is 767 g/mol. The molecule has 60 heavy (non-hydrogen) atoms. The quantitative estimate of drug-likeness (QED) is 0.185. The zero-order chi connectivity index (χ0) is 43.6. The Hall–Kier alpha value is -6.13. The van der Waals surface area contributed by atoms with Crippen LogP contribution in [0.2, 0.25) is 0 Å². The summed E-state index contributed by atoms with van der Waals surface area (Å²) in [6.07, 6.45) is 5.61. The summed E-state index contributed by atoms with van der Waals surface area (Å²) in [4.78, 5) is 101. The van der Waals surface area contributed by atoms with Crippen LogP contribution in [0.4, 0.5) is 27.9 Å². The molecule has 1 aliphatic carbocycles. The highest BCUT2D eigenvalue weighted by atomic mass is 16.2. The lowest BCUT2D eigenvalue weighted by atomic mass is 10.0. The van der Waals surface area contributed by atoms with E-state index in [-0.39, 0.29) is 35.9 Å². The average Bonchev–Trinajstić information content (AvgIpc) is 3.82. The van der Waals surface area contributed by atoms with Crippen LogP contribution in [0.1, 0.15) is 87.0 Å². The lowest BCUT2D eigenvalue weighted by Gasteiger charge is -2.35. The van der Waals surface area contributed by atoms with Crippen molar-refractivity contribution in [2.75, 3.05) is 42.8 Å². The van der Waals surface area contributed by atoms with E-state index in [1.54, 1.807) is 56.6 Å². The third-order valence-electron chi connectivity index (χ3n) is 11.3. The Kier molecular flexibility index (Phi) is 12.8. The van der Waals surface area contributed by atoms with Crippen molar-refractivity contribution in [2.24, 2.45) is 11.8 Å². The molecule has 2 fully saturated rings. The molecule has 1 saturated carbocycles. The fourth-order valence-corrected chi connectivity index (χ4v) is 7.64. The van der Waals surface area contributed by atoms with Gasteiger partial charge < -0.3 is 31.1 Å². The maximum atomic E-state index is 14.2. The van der Waals surface area contributed by atoms with Gasteiger partial charge in [0.25, 0.3) is 5.91 Å². The number of fused-ring (bicyclic) bond motifs is 1. The van der Waals surface area contributed by atoms with Gasteiger partial charge in [0.1, 0.15) is 29.5 Å². The zero-order valence-corrected chi connectivity index (χ0v) is 36.0. The molecule has 2 aromatic heterocycles. The van der Waals surface area contributed by atoms with Gasteiger partial charge in [-0.25, -0.2) is 9.78 Å². The summed E-state index contributed by atoms with van der Waals surface area (Å²) in [5, 5.41) is 11.8. The van der Waals surface area contributed by atoms with Crippen LogP contribution >= 0.6 is 0 Å². The van der Waals surface area contributed by atoms with Gasteiger partial charge >= 0.3 is 6.03 Å². The number of aryl methyl sites for hydroxylation is 2. The number of likely N-dealkylation sites (N-methyl/N-ethyl adjacent to an activating group) is 1. The van der Waals surface area contributed by atoms with E-state index in [9.17, 15) is 28.8 Å². The lowest BCUT2D eigenvalue weighted by molar-refractivity contribution is -0.142. The first-order valence-electron chi connectivity index (χ1n) is 20.6. The third kappa shape index (κ3) is 9.34. The summed E-state index contributed by atoms with van der Waals surface area (Å²) in [7, 11) is 4.91. The molecule has 320 valence electrons. The molecule has 1 aromatic carbocycles. The first-order valence-corrected chi connectivity index (χ1v) is 20.6. The van der Waals surface area contributed by atoms with Crippen LogP contribution in [0.5, 0.6) is 0 Å². The summed E-state index contributed by atoms with van der Waals surface area (Å²) in [5.41, 5.74) is 2.66. The normalized spacial score (nSPS) is 17.8. The number of hydrogen-bond donors (Lipinski definition) is 4. The minimum Gasteiger partial charge on any atom is -0.347 e. The molecule has 17 nitrogen and oxygen atoms in total. The van der Waals surface area contributed by atoms with Crippen molar-refractivity contribution >= 4 is 58.7 Å². The van der Waals surface area contributed by atoms with Crippen molar-refractivity contribution in [1.82, 2.24) is 40.7 Å². The van der Waals surface area contributed by atoms with E-state index < -0.39 is 47.3 Å². The molecule has 0 bridgehead atoms. The summed E-state index contributed by atoms with van der Waals surface area (Å²) in [5.74, 6) is -1.39. The van der Waals surface area contributed by atoms with Crippen molar-refractivity contribution in [1.29, 1.82) is 0 Å². The topological polar surface area (TPSA) is 202 Å². The first-order chi connectivity index (χ1) is 28.4. The third-order valence-corrected chi connectivity index (χ3v) is 11.3. The lowest BCUT2D eigenvalue weighted by Crippen LogP contribution is -2.59. The Balaban J connectivity index is 1.13. The molecule has 1 saturated heterocycles. The molecule has 17 heteroatoms. The van der Waals surface area contributed by atoms with E-state index in [1.165, 1.54) is 14.7 Å². The fourth-order valence-electron chi connectivity index (χ4n) is 7.64. The highest BCUT2D eigenvalue weighted by Crippen LogP contribution is 2.37. The number of carbonyl (C=O) groups is 6. The summed E-state index contributed by atoms with van der Waals surface area (Å²) >= 11 is 0. The second-order valence-corrected chi connectivity index (χ2v) is 17.1. The zero-order valence-electron chi connectivity index (χ0n) is 36.0. The molecule has 3 aromatic rings. The van der Waals surface area contributed by atoms with Gasteiger partial charge in [-0.15, -0.1) is 0 Å². The first kappa shape index (κ1) is 43.4. The van der Waals surface area contributed by atoms with E-state index in [0.717, 1.165) is 11.3 Å². The van der Waals surface area contributed by atoms with Crippen molar-refractivity contribution < 1.29 is 28.8 Å². The Morgan fingerprint density at radius 3 is 2.33 bits per heavy atom. The van der Waals surface area contributed by atoms with Crippen LogP contribution in [0, 0.1) is 25.7 Å². The van der Waals surface area contributed by atoms with Crippen molar-refractivity contribution in [3.8, 4) is 0 Å². The minimum absolute atomic E-state index is 0.153. The van der Waals surface area contributed by atoms with Crippen molar-refractivity contribution in [2.45, 2.75) is 104 Å². The number of benzene rings is 1. The second kappa shape index (κ2) is 17.6. The number of likely N-dealkylation sites (tertiary alicyclic amines) is 1. The van der Waals surface area contributed by atoms with Crippen LogP contribution in [0.3, 0.4) is 0 Å². The SMILES string of the molecule is Cc1ccc(Nc2ncc3c(n2)N(C)C(=O)N(c2cc(C(=O)N[C@H](C(=O)N4CCC[C@@H]4C(=O)NC4(C(=O)N[C@@H](CC(C)C)C(=O)N(C)C)CC4)C(C)C)ccc2C)C3)cn1. The molecule has 7 amide bonds. The van der Waals surface area contributed by atoms with Gasteiger partial charge in [0.15, 0.2) is 0 Å². The van der Waals surface area contributed by atoms with Gasteiger partial charge in [-0.1, -0.05) is 33.8 Å². The van der Waals surface area contributed by atoms with E-state index in [4.69, 9.17) is 0 Å². The van der Waals surface area contributed by atoms with Crippen LogP contribution in [0.15, 0.2) is 42.7 Å². The number of rotatable bonds is 14. The fraction of sp³-hybridized carbons (Fsp3) is 0.512. The highest BCUT2D eigenvalue weighted by Gasteiger charge is 2.53. The number of carbonyl (C=O) groups excluding carboxylic acids is 6. The van der Waals surface area contributed by atoms with Crippen LogP contribution in [-0.2, 0) is 25.7 Å². The van der Waals surface area contributed by atoms with Gasteiger partial charge in [0.2, 0.25) is 29.6 Å². The van der Waals surface area contributed by atoms with Gasteiger partial charge in [-0.2, -0.15) is 4.98 Å². The molecule has 4 heterocycles. The van der Waals surface area contributed by atoms with E-state index in [0.29, 0.717) is 67.4 Å². The Labute approximate surface area is 351 Å². The van der Waals surface area contributed by atoms with E-state index in [1.807, 2.05) is 53.7 Å². The summed E-state index contributed by atoms with van der Waals surface area (Å²) in [6, 6.07) is 5.90.